The standard InChI is InChI=1S/C17H32N6O2/c1-6-18-17(20-12-10-15(24)23(7-2)8-3)19-11-9-14-21-16(13(4)5)22-25-14/h13H,6-12H2,1-5H3,(H2,18,19,20). The summed E-state index contributed by atoms with van der Waals surface area (Å²) >= 11 is 0. The SMILES string of the molecule is CCNC(=NCCc1nc(C(C)C)no1)NCCC(=O)N(CC)CC. The first-order valence-corrected chi connectivity index (χ1v) is 9.14. The van der Waals surface area contributed by atoms with Crippen molar-refractivity contribution >= 4 is 11.9 Å². The molecule has 0 spiro atoms. The third kappa shape index (κ3) is 7.53. The number of nitrogens with one attached hydrogen (secondary N) is 2. The molecule has 8 nitrogen and oxygen atoms in total. The molecular formula is C17H32N6O2. The van der Waals surface area contributed by atoms with Crippen molar-refractivity contribution < 1.29 is 9.32 Å². The van der Waals surface area contributed by atoms with E-state index in [0.717, 1.165) is 25.5 Å². The van der Waals surface area contributed by atoms with Gasteiger partial charge >= 0.3 is 0 Å². The fourth-order valence-corrected chi connectivity index (χ4v) is 2.23. The quantitative estimate of drug-likeness (QED) is 0.490. The molecule has 1 aromatic rings. The van der Waals surface area contributed by atoms with Crippen molar-refractivity contribution in [1.82, 2.24) is 25.7 Å². The summed E-state index contributed by atoms with van der Waals surface area (Å²) in [6, 6.07) is 0. The van der Waals surface area contributed by atoms with E-state index in [4.69, 9.17) is 4.52 Å². The number of carbonyl (C=O) groups is 1. The molecule has 0 unspecified atom stereocenters. The minimum atomic E-state index is 0.153. The Kier molecular flexibility index (Phi) is 9.57. The number of nitrogens with zero attached hydrogens (tertiary/aromatic N) is 4. The molecular weight excluding hydrogens is 320 g/mol. The Hall–Kier alpha value is -2.12. The lowest BCUT2D eigenvalue weighted by atomic mass is 10.2. The lowest BCUT2D eigenvalue weighted by Gasteiger charge is -2.19. The molecule has 0 bridgehead atoms. The Morgan fingerprint density at radius 2 is 1.96 bits per heavy atom. The summed E-state index contributed by atoms with van der Waals surface area (Å²) in [5, 5.41) is 10.3. The van der Waals surface area contributed by atoms with Gasteiger partial charge in [0, 0.05) is 44.9 Å². The van der Waals surface area contributed by atoms with Crippen LogP contribution in [0.3, 0.4) is 0 Å². The van der Waals surface area contributed by atoms with Crippen molar-refractivity contribution in [2.75, 3.05) is 32.7 Å². The molecule has 0 saturated carbocycles. The summed E-state index contributed by atoms with van der Waals surface area (Å²) in [6.07, 6.45) is 1.04. The fraction of sp³-hybridized carbons (Fsp3) is 0.765. The van der Waals surface area contributed by atoms with E-state index in [-0.39, 0.29) is 11.8 Å². The maximum absolute atomic E-state index is 12.0. The molecule has 0 aliphatic carbocycles. The van der Waals surface area contributed by atoms with Crippen LogP contribution >= 0.6 is 0 Å². The normalized spacial score (nSPS) is 11.7. The van der Waals surface area contributed by atoms with E-state index < -0.39 is 0 Å². The van der Waals surface area contributed by atoms with Gasteiger partial charge in [0.2, 0.25) is 11.8 Å². The zero-order valence-electron chi connectivity index (χ0n) is 16.1. The summed E-state index contributed by atoms with van der Waals surface area (Å²) in [4.78, 5) is 22.7. The predicted octanol–water partition coefficient (Wildman–Crippen LogP) is 1.55. The van der Waals surface area contributed by atoms with E-state index in [1.54, 1.807) is 0 Å². The van der Waals surface area contributed by atoms with Crippen molar-refractivity contribution in [2.45, 2.75) is 53.4 Å². The average molecular weight is 352 g/mol. The fourth-order valence-electron chi connectivity index (χ4n) is 2.23. The molecule has 0 aromatic carbocycles. The van der Waals surface area contributed by atoms with Gasteiger partial charge in [-0.05, 0) is 20.8 Å². The van der Waals surface area contributed by atoms with Crippen molar-refractivity contribution in [3.63, 3.8) is 0 Å². The maximum Gasteiger partial charge on any atom is 0.228 e. The number of hydrogen-bond acceptors (Lipinski definition) is 5. The molecule has 25 heavy (non-hydrogen) atoms. The first-order chi connectivity index (χ1) is 12.0. The molecule has 8 heteroatoms. The summed E-state index contributed by atoms with van der Waals surface area (Å²) in [6.45, 7) is 13.4. The molecule has 0 aliphatic heterocycles. The zero-order chi connectivity index (χ0) is 18.7. The van der Waals surface area contributed by atoms with E-state index in [1.165, 1.54) is 0 Å². The average Bonchev–Trinajstić information content (AvgIpc) is 3.05. The molecule has 0 radical (unpaired) electrons. The Labute approximate surface area is 150 Å². The monoisotopic (exact) mass is 352 g/mol. The summed E-state index contributed by atoms with van der Waals surface area (Å²) in [5.41, 5.74) is 0. The largest absolute Gasteiger partial charge is 0.357 e. The number of hydrogen-bond donors (Lipinski definition) is 2. The van der Waals surface area contributed by atoms with Crippen molar-refractivity contribution in [3.05, 3.63) is 11.7 Å². The third-order valence-corrected chi connectivity index (χ3v) is 3.69. The minimum Gasteiger partial charge on any atom is -0.357 e. The Morgan fingerprint density at radius 1 is 1.24 bits per heavy atom. The smallest absolute Gasteiger partial charge is 0.228 e. The van der Waals surface area contributed by atoms with Gasteiger partial charge in [-0.1, -0.05) is 19.0 Å². The van der Waals surface area contributed by atoms with Gasteiger partial charge in [0.1, 0.15) is 0 Å². The lowest BCUT2D eigenvalue weighted by Crippen LogP contribution is -2.40. The summed E-state index contributed by atoms with van der Waals surface area (Å²) in [5.74, 6) is 2.42. The van der Waals surface area contributed by atoms with Crippen LogP contribution in [0, 0.1) is 0 Å². The van der Waals surface area contributed by atoms with Crippen LogP contribution in [-0.2, 0) is 11.2 Å². The van der Waals surface area contributed by atoms with E-state index in [9.17, 15) is 4.79 Å². The Morgan fingerprint density at radius 3 is 2.52 bits per heavy atom. The molecule has 0 atom stereocenters. The van der Waals surface area contributed by atoms with Gasteiger partial charge < -0.3 is 20.1 Å². The molecule has 1 amide bonds. The minimum absolute atomic E-state index is 0.153. The molecule has 0 aliphatic rings. The number of rotatable bonds is 10. The highest BCUT2D eigenvalue weighted by molar-refractivity contribution is 5.81. The highest BCUT2D eigenvalue weighted by atomic mass is 16.5. The molecule has 2 N–H and O–H groups in total. The molecule has 1 rings (SSSR count). The Bertz CT molecular complexity index is 537. The second-order valence-electron chi connectivity index (χ2n) is 5.95. The molecule has 1 aromatic heterocycles. The van der Waals surface area contributed by atoms with Gasteiger partial charge in [0.25, 0.3) is 0 Å². The highest BCUT2D eigenvalue weighted by Crippen LogP contribution is 2.09. The molecule has 0 fully saturated rings. The van der Waals surface area contributed by atoms with E-state index in [0.29, 0.717) is 37.8 Å². The van der Waals surface area contributed by atoms with Crippen LogP contribution < -0.4 is 10.6 Å². The molecule has 142 valence electrons. The van der Waals surface area contributed by atoms with Crippen molar-refractivity contribution in [2.24, 2.45) is 4.99 Å². The van der Waals surface area contributed by atoms with E-state index in [1.807, 2.05) is 39.5 Å². The number of aliphatic imine (C=N–C) groups is 1. The second-order valence-corrected chi connectivity index (χ2v) is 5.95. The van der Waals surface area contributed by atoms with Crippen LogP contribution in [0.25, 0.3) is 0 Å². The Balaban J connectivity index is 2.43. The third-order valence-electron chi connectivity index (χ3n) is 3.69. The lowest BCUT2D eigenvalue weighted by molar-refractivity contribution is -0.130. The van der Waals surface area contributed by atoms with Gasteiger partial charge in [-0.2, -0.15) is 4.98 Å². The van der Waals surface area contributed by atoms with Gasteiger partial charge in [-0.3, -0.25) is 9.79 Å². The number of amides is 1. The van der Waals surface area contributed by atoms with Gasteiger partial charge in [-0.25, -0.2) is 0 Å². The van der Waals surface area contributed by atoms with E-state index >= 15 is 0 Å². The van der Waals surface area contributed by atoms with Crippen LogP contribution in [0.4, 0.5) is 0 Å². The van der Waals surface area contributed by atoms with Crippen molar-refractivity contribution in [3.8, 4) is 0 Å². The maximum atomic E-state index is 12.0. The highest BCUT2D eigenvalue weighted by Gasteiger charge is 2.10. The van der Waals surface area contributed by atoms with Crippen LogP contribution in [0.5, 0.6) is 0 Å². The number of guanidine groups is 1. The van der Waals surface area contributed by atoms with Crippen LogP contribution in [0.2, 0.25) is 0 Å². The first-order valence-electron chi connectivity index (χ1n) is 9.14. The van der Waals surface area contributed by atoms with Gasteiger partial charge in [0.05, 0.1) is 6.54 Å². The molecule has 1 heterocycles. The van der Waals surface area contributed by atoms with Crippen LogP contribution in [-0.4, -0.2) is 59.6 Å². The predicted molar refractivity (Wildman–Crippen MR) is 98.6 cm³/mol. The second kappa shape index (κ2) is 11.4. The van der Waals surface area contributed by atoms with Crippen LogP contribution in [0.1, 0.15) is 58.7 Å². The molecule has 0 saturated heterocycles. The first kappa shape index (κ1) is 20.9. The topological polar surface area (TPSA) is 95.6 Å². The number of carbonyl (C=O) groups excluding carboxylic acids is 1. The van der Waals surface area contributed by atoms with E-state index in [2.05, 4.69) is 25.8 Å². The van der Waals surface area contributed by atoms with Gasteiger partial charge in [-0.15, -0.1) is 0 Å². The summed E-state index contributed by atoms with van der Waals surface area (Å²) < 4.78 is 5.21. The van der Waals surface area contributed by atoms with Gasteiger partial charge in [0.15, 0.2) is 11.8 Å². The van der Waals surface area contributed by atoms with Crippen LogP contribution in [0.15, 0.2) is 9.52 Å². The van der Waals surface area contributed by atoms with Crippen molar-refractivity contribution in [1.29, 1.82) is 0 Å². The zero-order valence-corrected chi connectivity index (χ0v) is 16.1. The number of aromatic nitrogens is 2. The summed E-state index contributed by atoms with van der Waals surface area (Å²) in [7, 11) is 0.